The average molecular weight is 277 g/mol. The highest BCUT2D eigenvalue weighted by Gasteiger charge is 2.35. The molecule has 0 atom stereocenters. The number of fused-ring (bicyclic) bond motifs is 1. The molecule has 0 radical (unpaired) electrons. The number of carbonyl (C=O) groups excluding carboxylic acids is 2. The summed E-state index contributed by atoms with van der Waals surface area (Å²) in [5, 5.41) is 8.91. The van der Waals surface area contributed by atoms with Gasteiger partial charge in [-0.3, -0.25) is 9.59 Å². The lowest BCUT2D eigenvalue weighted by Gasteiger charge is -2.14. The quantitative estimate of drug-likeness (QED) is 0.672. The Labute approximate surface area is 114 Å². The van der Waals surface area contributed by atoms with E-state index >= 15 is 0 Å². The number of hydrogen-bond acceptors (Lipinski definition) is 3. The normalized spacial score (nSPS) is 14.7. The molecule has 0 saturated carbocycles. The number of halogens is 1. The predicted octanol–water partition coefficient (Wildman–Crippen LogP) is 1.78. The molecule has 0 saturated heterocycles. The van der Waals surface area contributed by atoms with E-state index in [1.807, 2.05) is 0 Å². The Kier molecular flexibility index (Phi) is 3.65. The molecule has 0 fully saturated rings. The van der Waals surface area contributed by atoms with Crippen LogP contribution in [0.25, 0.3) is 0 Å². The van der Waals surface area contributed by atoms with E-state index in [0.29, 0.717) is 12.1 Å². The van der Waals surface area contributed by atoms with E-state index < -0.39 is 23.5 Å². The molecular formula is C14H12FNO4. The second-order valence-electron chi connectivity index (χ2n) is 4.29. The predicted molar refractivity (Wildman–Crippen MR) is 69.1 cm³/mol. The summed E-state index contributed by atoms with van der Waals surface area (Å²) in [4.78, 5) is 35.6. The number of carboxylic acid groups (broad SMARTS) is 1. The average Bonchev–Trinajstić information content (AvgIpc) is 2.64. The molecule has 1 aliphatic heterocycles. The number of benzene rings is 1. The van der Waals surface area contributed by atoms with Crippen molar-refractivity contribution in [3.8, 4) is 0 Å². The summed E-state index contributed by atoms with van der Waals surface area (Å²) in [5.74, 6) is -3.21. The van der Waals surface area contributed by atoms with E-state index in [4.69, 9.17) is 5.11 Å². The van der Waals surface area contributed by atoms with Gasteiger partial charge in [0.15, 0.2) is 0 Å². The fraction of sp³-hybridized carbons (Fsp3) is 0.214. The summed E-state index contributed by atoms with van der Waals surface area (Å²) in [5.41, 5.74) is 0.469. The van der Waals surface area contributed by atoms with Crippen molar-refractivity contribution in [1.29, 1.82) is 0 Å². The Balaban J connectivity index is 2.33. The summed E-state index contributed by atoms with van der Waals surface area (Å²) < 4.78 is 13.1. The summed E-state index contributed by atoms with van der Waals surface area (Å²) in [7, 11) is 0. The summed E-state index contributed by atoms with van der Waals surface area (Å²) in [6.07, 6.45) is 1.69. The lowest BCUT2D eigenvalue weighted by molar-refractivity contribution is -0.132. The third-order valence-corrected chi connectivity index (χ3v) is 3.11. The minimum atomic E-state index is -1.06. The number of hydrogen-bond donors (Lipinski definition) is 1. The number of amides is 1. The van der Waals surface area contributed by atoms with Crippen molar-refractivity contribution >= 4 is 23.3 Å². The molecule has 1 heterocycles. The third kappa shape index (κ3) is 2.32. The first-order valence-corrected chi connectivity index (χ1v) is 6.03. The molecule has 6 heteroatoms. The highest BCUT2D eigenvalue weighted by atomic mass is 19.1. The maximum Gasteiger partial charge on any atom is 0.331 e. The molecule has 1 aromatic carbocycles. The van der Waals surface area contributed by atoms with Crippen LogP contribution in [0.4, 0.5) is 10.1 Å². The van der Waals surface area contributed by atoms with Crippen LogP contribution in [0.2, 0.25) is 0 Å². The van der Waals surface area contributed by atoms with Crippen LogP contribution in [-0.2, 0) is 9.59 Å². The van der Waals surface area contributed by atoms with E-state index in [-0.39, 0.29) is 17.7 Å². The van der Waals surface area contributed by atoms with Gasteiger partial charge in [0.25, 0.3) is 11.7 Å². The number of Topliss-reactive ketones (excluding diaryl/α,β-unsaturated/α-hetero) is 1. The van der Waals surface area contributed by atoms with Gasteiger partial charge in [-0.25, -0.2) is 9.18 Å². The van der Waals surface area contributed by atoms with Crippen LogP contribution in [0, 0.1) is 5.82 Å². The van der Waals surface area contributed by atoms with Gasteiger partial charge in [-0.2, -0.15) is 0 Å². The molecule has 0 unspecified atom stereocenters. The molecular weight excluding hydrogens is 265 g/mol. The second kappa shape index (κ2) is 5.24. The standard InChI is InChI=1S/C14H12FNO4/c1-2-8(14(19)20)5-6-16-11-4-3-9(15)7-10(11)12(17)13(16)18/h3-5,7H,2,6H2,1H3,(H,19,20). The van der Waals surface area contributed by atoms with E-state index in [1.54, 1.807) is 6.92 Å². The van der Waals surface area contributed by atoms with Gasteiger partial charge in [-0.15, -0.1) is 0 Å². The molecule has 1 aromatic rings. The van der Waals surface area contributed by atoms with Crippen molar-refractivity contribution in [3.05, 3.63) is 41.2 Å². The Morgan fingerprint density at radius 1 is 1.40 bits per heavy atom. The topological polar surface area (TPSA) is 74.7 Å². The number of anilines is 1. The SMILES string of the molecule is CCC(=CCN1C(=O)C(=O)c2cc(F)ccc21)C(=O)O. The molecule has 2 rings (SSSR count). The number of ketones is 1. The molecule has 0 bridgehead atoms. The third-order valence-electron chi connectivity index (χ3n) is 3.11. The van der Waals surface area contributed by atoms with Crippen molar-refractivity contribution in [2.75, 3.05) is 11.4 Å². The Bertz CT molecular complexity index is 636. The molecule has 1 amide bonds. The van der Waals surface area contributed by atoms with E-state index in [1.165, 1.54) is 12.1 Å². The molecule has 0 spiro atoms. The van der Waals surface area contributed by atoms with Crippen molar-refractivity contribution in [1.82, 2.24) is 0 Å². The number of aliphatic carboxylic acids is 1. The second-order valence-corrected chi connectivity index (χ2v) is 4.29. The fourth-order valence-electron chi connectivity index (χ4n) is 2.04. The van der Waals surface area contributed by atoms with Gasteiger partial charge < -0.3 is 10.0 Å². The van der Waals surface area contributed by atoms with E-state index in [0.717, 1.165) is 17.0 Å². The smallest absolute Gasteiger partial charge is 0.331 e. The Hall–Kier alpha value is -2.50. The van der Waals surface area contributed by atoms with Crippen molar-refractivity contribution < 1.29 is 23.9 Å². The highest BCUT2D eigenvalue weighted by Crippen LogP contribution is 2.29. The van der Waals surface area contributed by atoms with Gasteiger partial charge in [-0.1, -0.05) is 13.0 Å². The van der Waals surface area contributed by atoms with Crippen molar-refractivity contribution in [3.63, 3.8) is 0 Å². The van der Waals surface area contributed by atoms with Gasteiger partial charge in [-0.05, 0) is 24.6 Å². The first kappa shape index (κ1) is 13.9. The van der Waals surface area contributed by atoms with Crippen LogP contribution in [0.3, 0.4) is 0 Å². The molecule has 1 aliphatic rings. The minimum absolute atomic E-state index is 0.0109. The lowest BCUT2D eigenvalue weighted by atomic mass is 10.1. The van der Waals surface area contributed by atoms with Crippen LogP contribution >= 0.6 is 0 Å². The highest BCUT2D eigenvalue weighted by molar-refractivity contribution is 6.52. The van der Waals surface area contributed by atoms with Gasteiger partial charge in [0.2, 0.25) is 0 Å². The van der Waals surface area contributed by atoms with Crippen LogP contribution in [0.5, 0.6) is 0 Å². The summed E-state index contributed by atoms with van der Waals surface area (Å²) in [6.45, 7) is 1.65. The zero-order valence-corrected chi connectivity index (χ0v) is 10.7. The maximum atomic E-state index is 13.1. The van der Waals surface area contributed by atoms with Crippen LogP contribution in [0.15, 0.2) is 29.8 Å². The van der Waals surface area contributed by atoms with Gasteiger partial charge in [0.05, 0.1) is 11.3 Å². The minimum Gasteiger partial charge on any atom is -0.478 e. The molecule has 0 aliphatic carbocycles. The first-order valence-electron chi connectivity index (χ1n) is 6.03. The first-order chi connectivity index (χ1) is 9.45. The number of carboxylic acids is 1. The van der Waals surface area contributed by atoms with E-state index in [9.17, 15) is 18.8 Å². The molecule has 20 heavy (non-hydrogen) atoms. The van der Waals surface area contributed by atoms with Gasteiger partial charge >= 0.3 is 5.97 Å². The Morgan fingerprint density at radius 2 is 2.10 bits per heavy atom. The van der Waals surface area contributed by atoms with Crippen molar-refractivity contribution in [2.45, 2.75) is 13.3 Å². The van der Waals surface area contributed by atoms with Crippen LogP contribution in [0.1, 0.15) is 23.7 Å². The zero-order valence-electron chi connectivity index (χ0n) is 10.7. The number of carbonyl (C=O) groups is 3. The lowest BCUT2D eigenvalue weighted by Crippen LogP contribution is -2.30. The van der Waals surface area contributed by atoms with Crippen LogP contribution < -0.4 is 4.90 Å². The Morgan fingerprint density at radius 3 is 2.70 bits per heavy atom. The maximum absolute atomic E-state index is 13.1. The fourth-order valence-corrected chi connectivity index (χ4v) is 2.04. The number of nitrogens with zero attached hydrogens (tertiary/aromatic N) is 1. The van der Waals surface area contributed by atoms with Gasteiger partial charge in [0, 0.05) is 12.1 Å². The van der Waals surface area contributed by atoms with Gasteiger partial charge in [0.1, 0.15) is 5.82 Å². The van der Waals surface area contributed by atoms with Crippen LogP contribution in [-0.4, -0.2) is 29.3 Å². The zero-order chi connectivity index (χ0) is 14.9. The summed E-state index contributed by atoms with van der Waals surface area (Å²) in [6, 6.07) is 3.50. The summed E-state index contributed by atoms with van der Waals surface area (Å²) >= 11 is 0. The van der Waals surface area contributed by atoms with Crippen molar-refractivity contribution in [2.24, 2.45) is 0 Å². The monoisotopic (exact) mass is 277 g/mol. The molecule has 5 nitrogen and oxygen atoms in total. The molecule has 1 N–H and O–H groups in total. The number of rotatable bonds is 4. The van der Waals surface area contributed by atoms with E-state index in [2.05, 4.69) is 0 Å². The molecule has 104 valence electrons. The largest absolute Gasteiger partial charge is 0.478 e. The molecule has 0 aromatic heterocycles.